The van der Waals surface area contributed by atoms with Crippen LogP contribution in [-0.2, 0) is 19.1 Å². The number of alkyl halides is 1. The van der Waals surface area contributed by atoms with Crippen LogP contribution in [0.4, 0.5) is 4.39 Å². The van der Waals surface area contributed by atoms with E-state index >= 15 is 4.39 Å². The largest absolute Gasteiger partial charge is 0.478 e. The smallest absolute Gasteiger partial charge is 0.349 e. The van der Waals surface area contributed by atoms with E-state index in [1.54, 1.807) is 26.8 Å². The summed E-state index contributed by atoms with van der Waals surface area (Å²) in [5.74, 6) is -2.97. The molecule has 29 heavy (non-hydrogen) atoms. The fraction of sp³-hybridized carbons (Fsp3) is 0.682. The number of carbonyl (C=O) groups is 3. The van der Waals surface area contributed by atoms with Crippen LogP contribution in [0, 0.1) is 28.6 Å². The van der Waals surface area contributed by atoms with Gasteiger partial charge in [0.1, 0.15) is 0 Å². The van der Waals surface area contributed by atoms with Crippen molar-refractivity contribution in [2.45, 2.75) is 63.8 Å². The highest BCUT2D eigenvalue weighted by Gasteiger charge is 2.77. The van der Waals surface area contributed by atoms with Crippen molar-refractivity contribution in [2.75, 3.05) is 0 Å². The third kappa shape index (κ3) is 2.12. The van der Waals surface area contributed by atoms with E-state index in [1.807, 2.05) is 0 Å². The third-order valence-electron chi connectivity index (χ3n) is 8.73. The van der Waals surface area contributed by atoms with Crippen LogP contribution in [0.1, 0.15) is 46.5 Å². The molecule has 8 unspecified atom stereocenters. The normalized spacial score (nSPS) is 50.8. The number of aliphatic carboxylic acids is 1. The maximum absolute atomic E-state index is 16.9. The lowest BCUT2D eigenvalue weighted by molar-refractivity contribution is -0.230. The molecule has 0 bridgehead atoms. The number of hydrogen-bond acceptors (Lipinski definition) is 5. The van der Waals surface area contributed by atoms with Gasteiger partial charge in [-0.2, -0.15) is 0 Å². The summed E-state index contributed by atoms with van der Waals surface area (Å²) in [6, 6.07) is 0. The first-order chi connectivity index (χ1) is 13.5. The van der Waals surface area contributed by atoms with Crippen LogP contribution in [-0.4, -0.2) is 45.8 Å². The summed E-state index contributed by atoms with van der Waals surface area (Å²) in [7, 11) is 0. The highest BCUT2D eigenvalue weighted by Crippen LogP contribution is 2.71. The van der Waals surface area contributed by atoms with Gasteiger partial charge in [-0.1, -0.05) is 25.5 Å². The molecule has 6 nitrogen and oxygen atoms in total. The molecule has 0 aliphatic heterocycles. The van der Waals surface area contributed by atoms with Gasteiger partial charge in [0.05, 0.1) is 6.10 Å². The van der Waals surface area contributed by atoms with Gasteiger partial charge >= 0.3 is 5.97 Å². The second-order valence-corrected chi connectivity index (χ2v) is 9.66. The van der Waals surface area contributed by atoms with Crippen molar-refractivity contribution in [1.82, 2.24) is 0 Å². The van der Waals surface area contributed by atoms with Crippen LogP contribution in [0.15, 0.2) is 23.8 Å². The van der Waals surface area contributed by atoms with E-state index in [1.165, 1.54) is 12.2 Å². The van der Waals surface area contributed by atoms with Crippen molar-refractivity contribution in [2.24, 2.45) is 28.6 Å². The molecular formula is C22H27FO6. The number of aliphatic hydroxyl groups excluding tert-OH is 1. The Morgan fingerprint density at radius 3 is 2.66 bits per heavy atom. The molecule has 4 aliphatic rings. The first kappa shape index (κ1) is 20.3. The standard InChI is InChI=1S/C22H27FO6/c1-12-8-16-15-5-4-13-9-14(25)6-7-19(13,2)21(15,23)17(26)10-20(16,3)22(12,18(27)28)29-11-24/h6-7,9,11-12,15-17,26H,4-5,8,10H2,1-3H3,(H,27,28). The fourth-order valence-electron chi connectivity index (χ4n) is 7.36. The molecule has 158 valence electrons. The lowest BCUT2D eigenvalue weighted by atomic mass is 9.45. The van der Waals surface area contributed by atoms with E-state index in [9.17, 15) is 24.6 Å². The predicted octanol–water partition coefficient (Wildman–Crippen LogP) is 2.60. The molecule has 8 atom stereocenters. The number of carboxylic acid groups (broad SMARTS) is 1. The Balaban J connectivity index is 1.86. The topological polar surface area (TPSA) is 101 Å². The van der Waals surface area contributed by atoms with Crippen LogP contribution in [0.5, 0.6) is 0 Å². The number of carboxylic acids is 1. The average molecular weight is 406 g/mol. The minimum Gasteiger partial charge on any atom is -0.478 e. The number of ether oxygens (including phenoxy) is 1. The average Bonchev–Trinajstić information content (AvgIpc) is 2.86. The van der Waals surface area contributed by atoms with Gasteiger partial charge in [0.25, 0.3) is 6.47 Å². The number of halogens is 1. The van der Waals surface area contributed by atoms with Crippen LogP contribution < -0.4 is 0 Å². The molecular weight excluding hydrogens is 379 g/mol. The minimum atomic E-state index is -2.03. The summed E-state index contributed by atoms with van der Waals surface area (Å²) in [4.78, 5) is 35.5. The van der Waals surface area contributed by atoms with Crippen molar-refractivity contribution < 1.29 is 33.7 Å². The molecule has 3 fully saturated rings. The molecule has 0 amide bonds. The second kappa shape index (κ2) is 6.00. The quantitative estimate of drug-likeness (QED) is 0.699. The third-order valence-corrected chi connectivity index (χ3v) is 8.73. The molecule has 0 saturated heterocycles. The number of ketones is 1. The molecule has 0 aromatic carbocycles. The monoisotopic (exact) mass is 406 g/mol. The highest BCUT2D eigenvalue weighted by molar-refractivity contribution is 6.01. The maximum Gasteiger partial charge on any atom is 0.349 e. The summed E-state index contributed by atoms with van der Waals surface area (Å²) in [6.45, 7) is 5.28. The van der Waals surface area contributed by atoms with Gasteiger partial charge in [-0.3, -0.25) is 9.59 Å². The van der Waals surface area contributed by atoms with Crippen molar-refractivity contribution >= 4 is 18.2 Å². The first-order valence-electron chi connectivity index (χ1n) is 10.1. The van der Waals surface area contributed by atoms with Crippen molar-refractivity contribution in [3.05, 3.63) is 23.8 Å². The van der Waals surface area contributed by atoms with Gasteiger partial charge in [0.15, 0.2) is 11.5 Å². The molecule has 4 aliphatic carbocycles. The van der Waals surface area contributed by atoms with Crippen LogP contribution in [0.3, 0.4) is 0 Å². The maximum atomic E-state index is 16.9. The Kier molecular flexibility index (Phi) is 4.19. The van der Waals surface area contributed by atoms with E-state index in [0.29, 0.717) is 24.8 Å². The zero-order valence-corrected chi connectivity index (χ0v) is 16.9. The molecule has 0 aromatic heterocycles. The van der Waals surface area contributed by atoms with Gasteiger partial charge in [-0.05, 0) is 50.7 Å². The summed E-state index contributed by atoms with van der Waals surface area (Å²) in [5, 5.41) is 21.2. The van der Waals surface area contributed by atoms with Gasteiger partial charge in [-0.25, -0.2) is 9.18 Å². The van der Waals surface area contributed by atoms with Crippen LogP contribution in [0.2, 0.25) is 0 Å². The number of rotatable bonds is 3. The van der Waals surface area contributed by atoms with E-state index in [2.05, 4.69) is 0 Å². The van der Waals surface area contributed by atoms with E-state index in [4.69, 9.17) is 4.74 Å². The lowest BCUT2D eigenvalue weighted by Gasteiger charge is -2.62. The Hall–Kier alpha value is -2.02. The van der Waals surface area contributed by atoms with Gasteiger partial charge < -0.3 is 14.9 Å². The number of aliphatic hydroxyl groups is 1. The summed E-state index contributed by atoms with van der Waals surface area (Å²) >= 11 is 0. The Bertz CT molecular complexity index is 850. The van der Waals surface area contributed by atoms with Gasteiger partial charge in [0.2, 0.25) is 5.60 Å². The molecule has 4 rings (SSSR count). The first-order valence-corrected chi connectivity index (χ1v) is 10.1. The summed E-state index contributed by atoms with van der Waals surface area (Å²) < 4.78 is 22.2. The summed E-state index contributed by atoms with van der Waals surface area (Å²) in [6.07, 6.45) is 4.07. The Morgan fingerprint density at radius 2 is 2.03 bits per heavy atom. The minimum absolute atomic E-state index is 0.139. The highest BCUT2D eigenvalue weighted by atomic mass is 19.1. The fourth-order valence-corrected chi connectivity index (χ4v) is 7.36. The van der Waals surface area contributed by atoms with Crippen LogP contribution >= 0.6 is 0 Å². The Labute approximate surface area is 168 Å². The van der Waals surface area contributed by atoms with Crippen molar-refractivity contribution in [1.29, 1.82) is 0 Å². The lowest BCUT2D eigenvalue weighted by Crippen LogP contribution is -2.69. The number of hydrogen-bond donors (Lipinski definition) is 2. The molecule has 7 heteroatoms. The predicted molar refractivity (Wildman–Crippen MR) is 100 cm³/mol. The molecule has 0 aromatic rings. The van der Waals surface area contributed by atoms with Gasteiger partial charge in [-0.15, -0.1) is 0 Å². The number of allylic oxidation sites excluding steroid dienone is 4. The molecule has 0 radical (unpaired) electrons. The van der Waals surface area contributed by atoms with Crippen molar-refractivity contribution in [3.63, 3.8) is 0 Å². The van der Waals surface area contributed by atoms with Crippen molar-refractivity contribution in [3.8, 4) is 0 Å². The molecule has 0 spiro atoms. The van der Waals surface area contributed by atoms with E-state index < -0.39 is 46.0 Å². The summed E-state index contributed by atoms with van der Waals surface area (Å²) in [5.41, 5.74) is -5.41. The second-order valence-electron chi connectivity index (χ2n) is 9.66. The van der Waals surface area contributed by atoms with E-state index in [0.717, 1.165) is 0 Å². The molecule has 2 N–H and O–H groups in total. The number of fused-ring (bicyclic) bond motifs is 5. The SMILES string of the molecule is CC1CC2C3CCC4=CC(=O)C=CC4(C)C3(F)C(O)CC2(C)C1(OC=O)C(=O)O. The number of carbonyl (C=O) groups excluding carboxylic acids is 2. The van der Waals surface area contributed by atoms with E-state index in [-0.39, 0.29) is 24.6 Å². The zero-order valence-electron chi connectivity index (χ0n) is 16.9. The van der Waals surface area contributed by atoms with Crippen LogP contribution in [0.25, 0.3) is 0 Å². The Morgan fingerprint density at radius 1 is 1.34 bits per heavy atom. The van der Waals surface area contributed by atoms with Gasteiger partial charge in [0, 0.05) is 22.7 Å². The zero-order chi connectivity index (χ0) is 21.4. The molecule has 0 heterocycles. The molecule has 3 saturated carbocycles.